The fraction of sp³-hybridized carbons (Fsp3) is 0.423. The van der Waals surface area contributed by atoms with E-state index in [0.717, 1.165) is 35.1 Å². The summed E-state index contributed by atoms with van der Waals surface area (Å²) in [5, 5.41) is 14.5. The van der Waals surface area contributed by atoms with Gasteiger partial charge in [-0.2, -0.15) is 0 Å². The standard InChI is InChI=1S/C26H30N2O5/c1-16(13-24(30)31)27-23(29)14-26(2,17-11-12-17)28-25(32)33-15-22-20-9-5-3-7-18(20)19-8-4-6-10-21(19)22/h3-10,16-17,22H,11-15H2,1-2H3,(H,27,29)(H,28,32)(H,30,31)/t16-,26?/m0/s1. The van der Waals surface area contributed by atoms with Crippen molar-refractivity contribution in [1.82, 2.24) is 10.6 Å². The number of hydrogen-bond donors (Lipinski definition) is 3. The Morgan fingerprint density at radius 3 is 2.18 bits per heavy atom. The van der Waals surface area contributed by atoms with Crippen LogP contribution in [0.1, 0.15) is 56.6 Å². The van der Waals surface area contributed by atoms with Gasteiger partial charge in [-0.1, -0.05) is 48.5 Å². The van der Waals surface area contributed by atoms with E-state index in [-0.39, 0.29) is 37.2 Å². The third kappa shape index (κ3) is 5.18. The molecular weight excluding hydrogens is 420 g/mol. The Bertz CT molecular complexity index is 1020. The molecule has 0 saturated heterocycles. The maximum absolute atomic E-state index is 12.8. The van der Waals surface area contributed by atoms with Crippen molar-refractivity contribution in [2.45, 2.75) is 57.0 Å². The fourth-order valence-corrected chi connectivity index (χ4v) is 4.85. The van der Waals surface area contributed by atoms with E-state index in [9.17, 15) is 14.4 Å². The van der Waals surface area contributed by atoms with Gasteiger partial charge in [-0.3, -0.25) is 9.59 Å². The lowest BCUT2D eigenvalue weighted by Gasteiger charge is -2.31. The van der Waals surface area contributed by atoms with Crippen LogP contribution in [0.4, 0.5) is 4.79 Å². The number of rotatable bonds is 9. The normalized spacial score (nSPS) is 17.3. The third-order valence-electron chi connectivity index (χ3n) is 6.63. The Kier molecular flexibility index (Phi) is 6.40. The topological polar surface area (TPSA) is 105 Å². The van der Waals surface area contributed by atoms with E-state index in [1.54, 1.807) is 6.92 Å². The smallest absolute Gasteiger partial charge is 0.407 e. The Labute approximate surface area is 193 Å². The molecule has 1 unspecified atom stereocenters. The molecular formula is C26H30N2O5. The van der Waals surface area contributed by atoms with Crippen LogP contribution in [-0.4, -0.2) is 41.3 Å². The molecule has 1 saturated carbocycles. The van der Waals surface area contributed by atoms with Gasteiger partial charge in [-0.05, 0) is 54.9 Å². The summed E-state index contributed by atoms with van der Waals surface area (Å²) in [6.07, 6.45) is 1.24. The van der Waals surface area contributed by atoms with Gasteiger partial charge in [0.2, 0.25) is 5.91 Å². The minimum absolute atomic E-state index is 0.0319. The summed E-state index contributed by atoms with van der Waals surface area (Å²) in [6, 6.07) is 15.8. The summed E-state index contributed by atoms with van der Waals surface area (Å²) in [5.41, 5.74) is 3.87. The molecule has 2 atom stereocenters. The first-order chi connectivity index (χ1) is 15.8. The maximum Gasteiger partial charge on any atom is 0.407 e. The molecule has 7 nitrogen and oxygen atoms in total. The third-order valence-corrected chi connectivity index (χ3v) is 6.63. The van der Waals surface area contributed by atoms with Gasteiger partial charge in [0, 0.05) is 18.4 Å². The number of carboxylic acids is 1. The highest BCUT2D eigenvalue weighted by atomic mass is 16.5. The Hall–Kier alpha value is -3.35. The number of nitrogens with one attached hydrogen (secondary N) is 2. The molecule has 2 aliphatic rings. The summed E-state index contributed by atoms with van der Waals surface area (Å²) in [6.45, 7) is 3.72. The molecule has 0 spiro atoms. The average molecular weight is 451 g/mol. The van der Waals surface area contributed by atoms with Crippen LogP contribution >= 0.6 is 0 Å². The number of hydrogen-bond acceptors (Lipinski definition) is 4. The van der Waals surface area contributed by atoms with Gasteiger partial charge in [0.05, 0.1) is 12.0 Å². The van der Waals surface area contributed by atoms with Crippen molar-refractivity contribution in [1.29, 1.82) is 0 Å². The Morgan fingerprint density at radius 1 is 1.06 bits per heavy atom. The van der Waals surface area contributed by atoms with Gasteiger partial charge >= 0.3 is 12.1 Å². The SMILES string of the molecule is C[C@@H](CC(=O)O)NC(=O)CC(C)(NC(=O)OCC1c2ccccc2-c2ccccc21)C1CC1. The highest BCUT2D eigenvalue weighted by Crippen LogP contribution is 2.45. The largest absolute Gasteiger partial charge is 0.481 e. The lowest BCUT2D eigenvalue weighted by molar-refractivity contribution is -0.137. The van der Waals surface area contributed by atoms with E-state index in [0.29, 0.717) is 0 Å². The maximum atomic E-state index is 12.8. The molecule has 174 valence electrons. The number of benzene rings is 2. The monoisotopic (exact) mass is 450 g/mol. The van der Waals surface area contributed by atoms with Crippen LogP contribution in [-0.2, 0) is 14.3 Å². The van der Waals surface area contributed by atoms with E-state index in [1.807, 2.05) is 31.2 Å². The van der Waals surface area contributed by atoms with Crippen LogP contribution in [0.2, 0.25) is 0 Å². The summed E-state index contributed by atoms with van der Waals surface area (Å²) >= 11 is 0. The second-order valence-electron chi connectivity index (χ2n) is 9.39. The average Bonchev–Trinajstić information content (AvgIpc) is 3.56. The number of carboxylic acid groups (broad SMARTS) is 1. The van der Waals surface area contributed by atoms with Crippen molar-refractivity contribution < 1.29 is 24.2 Å². The van der Waals surface area contributed by atoms with Crippen molar-refractivity contribution in [3.8, 4) is 11.1 Å². The van der Waals surface area contributed by atoms with Gasteiger partial charge in [0.15, 0.2) is 0 Å². The quantitative estimate of drug-likeness (QED) is 0.534. The van der Waals surface area contributed by atoms with Crippen LogP contribution < -0.4 is 10.6 Å². The van der Waals surface area contributed by atoms with Crippen molar-refractivity contribution >= 4 is 18.0 Å². The zero-order chi connectivity index (χ0) is 23.6. The summed E-state index contributed by atoms with van der Waals surface area (Å²) in [4.78, 5) is 36.1. The van der Waals surface area contributed by atoms with Gasteiger partial charge in [-0.15, -0.1) is 0 Å². The molecule has 33 heavy (non-hydrogen) atoms. The second-order valence-corrected chi connectivity index (χ2v) is 9.39. The molecule has 7 heteroatoms. The number of fused-ring (bicyclic) bond motifs is 3. The minimum atomic E-state index is -0.968. The second kappa shape index (κ2) is 9.25. The van der Waals surface area contributed by atoms with Crippen LogP contribution in [0.25, 0.3) is 11.1 Å². The predicted molar refractivity (Wildman–Crippen MR) is 124 cm³/mol. The first-order valence-corrected chi connectivity index (χ1v) is 11.4. The molecule has 0 aromatic heterocycles. The lowest BCUT2D eigenvalue weighted by Crippen LogP contribution is -2.52. The van der Waals surface area contributed by atoms with Gasteiger partial charge in [0.1, 0.15) is 6.61 Å². The van der Waals surface area contributed by atoms with Crippen LogP contribution in [0.15, 0.2) is 48.5 Å². The van der Waals surface area contributed by atoms with Crippen LogP contribution in [0.5, 0.6) is 0 Å². The van der Waals surface area contributed by atoms with Gasteiger partial charge in [-0.25, -0.2) is 4.79 Å². The van der Waals surface area contributed by atoms with Crippen LogP contribution in [0, 0.1) is 5.92 Å². The molecule has 0 radical (unpaired) electrons. The fourth-order valence-electron chi connectivity index (χ4n) is 4.85. The molecule has 0 aliphatic heterocycles. The van der Waals surface area contributed by atoms with Crippen molar-refractivity contribution in [3.05, 3.63) is 59.7 Å². The van der Waals surface area contributed by atoms with Crippen molar-refractivity contribution in [3.63, 3.8) is 0 Å². The predicted octanol–water partition coefficient (Wildman–Crippen LogP) is 4.06. The zero-order valence-corrected chi connectivity index (χ0v) is 19.0. The summed E-state index contributed by atoms with van der Waals surface area (Å²) in [5.74, 6) is -1.09. The van der Waals surface area contributed by atoms with E-state index in [2.05, 4.69) is 34.9 Å². The van der Waals surface area contributed by atoms with Crippen LogP contribution in [0.3, 0.4) is 0 Å². The summed E-state index contributed by atoms with van der Waals surface area (Å²) < 4.78 is 5.67. The molecule has 1 fully saturated rings. The molecule has 2 amide bonds. The van der Waals surface area contributed by atoms with E-state index < -0.39 is 23.6 Å². The first kappa shape index (κ1) is 22.8. The van der Waals surface area contributed by atoms with Gasteiger partial charge in [0.25, 0.3) is 0 Å². The molecule has 0 heterocycles. The highest BCUT2D eigenvalue weighted by Gasteiger charge is 2.44. The Morgan fingerprint density at radius 2 is 1.64 bits per heavy atom. The Balaban J connectivity index is 1.38. The number of carbonyl (C=O) groups excluding carboxylic acids is 2. The molecule has 3 N–H and O–H groups in total. The summed E-state index contributed by atoms with van der Waals surface area (Å²) in [7, 11) is 0. The number of alkyl carbamates (subject to hydrolysis) is 1. The number of amides is 2. The number of aliphatic carboxylic acids is 1. The first-order valence-electron chi connectivity index (χ1n) is 11.4. The molecule has 4 rings (SSSR count). The number of carbonyl (C=O) groups is 3. The molecule has 2 aromatic carbocycles. The highest BCUT2D eigenvalue weighted by molar-refractivity contribution is 5.80. The molecule has 2 aromatic rings. The minimum Gasteiger partial charge on any atom is -0.481 e. The van der Waals surface area contributed by atoms with Crippen molar-refractivity contribution in [2.24, 2.45) is 5.92 Å². The zero-order valence-electron chi connectivity index (χ0n) is 19.0. The number of ether oxygens (including phenoxy) is 1. The molecule has 2 aliphatic carbocycles. The lowest BCUT2D eigenvalue weighted by atomic mass is 9.91. The van der Waals surface area contributed by atoms with Crippen molar-refractivity contribution in [2.75, 3.05) is 6.61 Å². The van der Waals surface area contributed by atoms with E-state index >= 15 is 0 Å². The van der Waals surface area contributed by atoms with Gasteiger partial charge < -0.3 is 20.5 Å². The van der Waals surface area contributed by atoms with E-state index in [1.165, 1.54) is 0 Å². The molecule has 0 bridgehead atoms. The van der Waals surface area contributed by atoms with E-state index in [4.69, 9.17) is 9.84 Å².